The van der Waals surface area contributed by atoms with Crippen LogP contribution in [-0.2, 0) is 9.59 Å². The molecule has 0 fully saturated rings. The Hall–Kier alpha value is -2.55. The van der Waals surface area contributed by atoms with Gasteiger partial charge in [0.25, 0.3) is 5.91 Å². The van der Waals surface area contributed by atoms with Crippen LogP contribution in [0.25, 0.3) is 0 Å². The third-order valence-corrected chi connectivity index (χ3v) is 3.76. The van der Waals surface area contributed by atoms with E-state index < -0.39 is 34.9 Å². The molecular weight excluding hydrogens is 348 g/mol. The molecule has 0 unspecified atom stereocenters. The Kier molecular flexibility index (Phi) is 9.21. The van der Waals surface area contributed by atoms with Crippen LogP contribution in [0.15, 0.2) is 18.2 Å². The first kappa shape index (κ1) is 21.5. The number of hydroxylamine groups is 2. The molecule has 0 aliphatic heterocycles. The van der Waals surface area contributed by atoms with Crippen molar-refractivity contribution in [2.24, 2.45) is 5.92 Å². The number of amides is 3. The van der Waals surface area contributed by atoms with Gasteiger partial charge in [-0.1, -0.05) is 32.3 Å². The fraction of sp³-hybridized carbons (Fsp3) is 0.471. The first-order valence-corrected chi connectivity index (χ1v) is 8.31. The lowest BCUT2D eigenvalue weighted by Gasteiger charge is -2.19. The summed E-state index contributed by atoms with van der Waals surface area (Å²) in [6, 6.07) is 3.21. The second-order valence-corrected chi connectivity index (χ2v) is 5.75. The Bertz CT molecular complexity index is 628. The Morgan fingerprint density at radius 3 is 2.65 bits per heavy atom. The van der Waals surface area contributed by atoms with E-state index in [4.69, 9.17) is 0 Å². The lowest BCUT2D eigenvalue weighted by atomic mass is 10.0. The molecule has 0 aromatic heterocycles. The van der Waals surface area contributed by atoms with Gasteiger partial charge in [0.1, 0.15) is 0 Å². The molecule has 1 aromatic carbocycles. The molecule has 0 saturated heterocycles. The summed E-state index contributed by atoms with van der Waals surface area (Å²) in [5.41, 5.74) is -0.471. The molecule has 0 saturated carbocycles. The van der Waals surface area contributed by atoms with Gasteiger partial charge >= 0.3 is 0 Å². The van der Waals surface area contributed by atoms with Crippen LogP contribution in [0, 0.1) is 17.6 Å². The molecule has 0 spiro atoms. The standard InChI is InChI=1S/C17H23F2N3O4/c1-2-3-4-6-12(9-22(26)11-23)16(24)20-10-21-17(25)13-7-5-8-14(18)15(13)19/h5,7-8,11-12,26H,2-4,6,9-10H2,1H3,(H,20,24)(H,21,25)/t12-/m1/s1. The number of carbonyl (C=O) groups is 3. The molecule has 3 N–H and O–H groups in total. The highest BCUT2D eigenvalue weighted by Gasteiger charge is 2.21. The van der Waals surface area contributed by atoms with Crippen molar-refractivity contribution in [2.45, 2.75) is 32.6 Å². The van der Waals surface area contributed by atoms with E-state index in [1.54, 1.807) is 0 Å². The van der Waals surface area contributed by atoms with Gasteiger partial charge in [0, 0.05) is 0 Å². The Labute approximate surface area is 150 Å². The van der Waals surface area contributed by atoms with Gasteiger partial charge in [-0.25, -0.2) is 13.8 Å². The number of hydrogen-bond acceptors (Lipinski definition) is 4. The second kappa shape index (κ2) is 11.1. The lowest BCUT2D eigenvalue weighted by molar-refractivity contribution is -0.154. The topological polar surface area (TPSA) is 98.7 Å². The molecule has 1 rings (SSSR count). The third kappa shape index (κ3) is 6.75. The number of nitrogens with zero attached hydrogens (tertiary/aromatic N) is 1. The summed E-state index contributed by atoms with van der Waals surface area (Å²) in [6.07, 6.45) is 3.24. The van der Waals surface area contributed by atoms with E-state index in [-0.39, 0.29) is 19.6 Å². The molecule has 0 heterocycles. The summed E-state index contributed by atoms with van der Waals surface area (Å²) in [5, 5.41) is 14.4. The predicted octanol–water partition coefficient (Wildman–Crippen LogP) is 1.81. The first-order valence-electron chi connectivity index (χ1n) is 8.31. The van der Waals surface area contributed by atoms with Crippen LogP contribution in [0.5, 0.6) is 0 Å². The number of hydrogen-bond donors (Lipinski definition) is 3. The maximum atomic E-state index is 13.5. The van der Waals surface area contributed by atoms with Crippen LogP contribution in [0.1, 0.15) is 43.0 Å². The minimum absolute atomic E-state index is 0.175. The molecule has 0 radical (unpaired) electrons. The zero-order chi connectivity index (χ0) is 19.5. The molecule has 0 bridgehead atoms. The summed E-state index contributed by atoms with van der Waals surface area (Å²) in [6.45, 7) is 1.52. The van der Waals surface area contributed by atoms with Crippen molar-refractivity contribution in [1.29, 1.82) is 0 Å². The third-order valence-electron chi connectivity index (χ3n) is 3.76. The van der Waals surface area contributed by atoms with E-state index in [9.17, 15) is 28.4 Å². The monoisotopic (exact) mass is 371 g/mol. The lowest BCUT2D eigenvalue weighted by Crippen LogP contribution is -2.43. The minimum Gasteiger partial charge on any atom is -0.338 e. The van der Waals surface area contributed by atoms with Crippen molar-refractivity contribution >= 4 is 18.2 Å². The normalized spacial score (nSPS) is 11.5. The van der Waals surface area contributed by atoms with Gasteiger partial charge in [-0.05, 0) is 18.6 Å². The highest BCUT2D eigenvalue weighted by molar-refractivity contribution is 5.94. The van der Waals surface area contributed by atoms with Crippen molar-refractivity contribution in [3.8, 4) is 0 Å². The largest absolute Gasteiger partial charge is 0.338 e. The molecule has 26 heavy (non-hydrogen) atoms. The number of rotatable bonds is 11. The van der Waals surface area contributed by atoms with Gasteiger partial charge in [0.2, 0.25) is 12.3 Å². The van der Waals surface area contributed by atoms with E-state index in [0.29, 0.717) is 11.5 Å². The molecule has 1 aromatic rings. The average Bonchev–Trinajstić information content (AvgIpc) is 2.62. The van der Waals surface area contributed by atoms with Crippen molar-refractivity contribution < 1.29 is 28.4 Å². The molecule has 9 heteroatoms. The van der Waals surface area contributed by atoms with Crippen LogP contribution in [0.3, 0.4) is 0 Å². The van der Waals surface area contributed by atoms with Crippen LogP contribution < -0.4 is 10.6 Å². The number of halogens is 2. The predicted molar refractivity (Wildman–Crippen MR) is 89.0 cm³/mol. The van der Waals surface area contributed by atoms with E-state index >= 15 is 0 Å². The molecular formula is C17H23F2N3O4. The zero-order valence-electron chi connectivity index (χ0n) is 14.5. The van der Waals surface area contributed by atoms with Gasteiger partial charge in [0.05, 0.1) is 24.7 Å². The molecule has 3 amide bonds. The van der Waals surface area contributed by atoms with Gasteiger partial charge in [-0.2, -0.15) is 0 Å². The number of benzene rings is 1. The second-order valence-electron chi connectivity index (χ2n) is 5.75. The Balaban J connectivity index is 2.56. The van der Waals surface area contributed by atoms with Crippen molar-refractivity contribution in [2.75, 3.05) is 13.2 Å². The Morgan fingerprint density at radius 2 is 2.00 bits per heavy atom. The highest BCUT2D eigenvalue weighted by atomic mass is 19.2. The molecule has 144 valence electrons. The molecule has 0 aliphatic rings. The summed E-state index contributed by atoms with van der Waals surface area (Å²) < 4.78 is 26.6. The van der Waals surface area contributed by atoms with Crippen LogP contribution in [0.4, 0.5) is 8.78 Å². The highest BCUT2D eigenvalue weighted by Crippen LogP contribution is 2.12. The van der Waals surface area contributed by atoms with Crippen LogP contribution in [-0.4, -0.2) is 41.7 Å². The van der Waals surface area contributed by atoms with Crippen LogP contribution in [0.2, 0.25) is 0 Å². The van der Waals surface area contributed by atoms with E-state index in [1.165, 1.54) is 6.07 Å². The van der Waals surface area contributed by atoms with Crippen molar-refractivity contribution in [3.63, 3.8) is 0 Å². The van der Waals surface area contributed by atoms with Gasteiger partial charge in [0.15, 0.2) is 11.6 Å². The van der Waals surface area contributed by atoms with Gasteiger partial charge in [-0.3, -0.25) is 19.6 Å². The first-order chi connectivity index (χ1) is 12.4. The summed E-state index contributed by atoms with van der Waals surface area (Å²) in [4.78, 5) is 34.6. The van der Waals surface area contributed by atoms with Crippen LogP contribution >= 0.6 is 0 Å². The summed E-state index contributed by atoms with van der Waals surface area (Å²) in [5.74, 6) is -4.41. The molecule has 7 nitrogen and oxygen atoms in total. The van der Waals surface area contributed by atoms with E-state index in [1.807, 2.05) is 6.92 Å². The quantitative estimate of drug-likeness (QED) is 0.182. The van der Waals surface area contributed by atoms with Crippen molar-refractivity contribution in [3.05, 3.63) is 35.4 Å². The minimum atomic E-state index is -1.27. The van der Waals surface area contributed by atoms with E-state index in [0.717, 1.165) is 31.4 Å². The number of unbranched alkanes of at least 4 members (excludes halogenated alkanes) is 2. The average molecular weight is 371 g/mol. The maximum Gasteiger partial charge on any atom is 0.255 e. The molecule has 1 atom stereocenters. The fourth-order valence-electron chi connectivity index (χ4n) is 2.35. The summed E-state index contributed by atoms with van der Waals surface area (Å²) in [7, 11) is 0. The SMILES string of the molecule is CCCCC[C@H](CN(O)C=O)C(=O)NCNC(=O)c1cccc(F)c1F. The number of carbonyl (C=O) groups excluding carboxylic acids is 3. The van der Waals surface area contributed by atoms with Crippen molar-refractivity contribution in [1.82, 2.24) is 15.7 Å². The Morgan fingerprint density at radius 1 is 1.27 bits per heavy atom. The van der Waals surface area contributed by atoms with Gasteiger partial charge in [-0.15, -0.1) is 0 Å². The van der Waals surface area contributed by atoms with Gasteiger partial charge < -0.3 is 10.6 Å². The smallest absolute Gasteiger partial charge is 0.255 e. The van der Waals surface area contributed by atoms with E-state index in [2.05, 4.69) is 10.6 Å². The fourth-order valence-corrected chi connectivity index (χ4v) is 2.35. The zero-order valence-corrected chi connectivity index (χ0v) is 14.5. The molecule has 0 aliphatic carbocycles. The number of nitrogens with one attached hydrogen (secondary N) is 2. The summed E-state index contributed by atoms with van der Waals surface area (Å²) >= 11 is 0. The maximum absolute atomic E-state index is 13.5.